The molecule has 0 spiro atoms. The number of hydrogen-bond acceptors (Lipinski definition) is 7. The number of methoxy groups -OCH3 is 1. The highest BCUT2D eigenvalue weighted by Crippen LogP contribution is 2.33. The van der Waals surface area contributed by atoms with E-state index in [9.17, 15) is 4.79 Å². The van der Waals surface area contributed by atoms with E-state index in [1.165, 1.54) is 7.11 Å². The molecule has 1 N–H and O–H groups in total. The van der Waals surface area contributed by atoms with Gasteiger partial charge in [0.25, 0.3) is 5.89 Å². The Balaban J connectivity index is 1.63. The summed E-state index contributed by atoms with van der Waals surface area (Å²) in [5.41, 5.74) is 3.57. The number of carbonyl (C=O) groups is 1. The van der Waals surface area contributed by atoms with Crippen molar-refractivity contribution in [2.24, 2.45) is 7.05 Å². The van der Waals surface area contributed by atoms with Crippen molar-refractivity contribution in [3.05, 3.63) is 53.2 Å². The molecule has 0 bridgehead atoms. The Morgan fingerprint density at radius 1 is 1.24 bits per heavy atom. The van der Waals surface area contributed by atoms with E-state index in [0.29, 0.717) is 34.6 Å². The molecule has 4 rings (SSSR count). The quantitative estimate of drug-likeness (QED) is 0.354. The Morgan fingerprint density at radius 2 is 2.03 bits per heavy atom. The predicted molar refractivity (Wildman–Crippen MR) is 131 cm³/mol. The van der Waals surface area contributed by atoms with Crippen LogP contribution in [0.1, 0.15) is 26.3 Å². The van der Waals surface area contributed by atoms with Crippen molar-refractivity contribution in [2.45, 2.75) is 39.5 Å². The molecule has 2 heterocycles. The molecular weight excluding hydrogens is 456 g/mol. The van der Waals surface area contributed by atoms with E-state index < -0.39 is 6.04 Å². The van der Waals surface area contributed by atoms with Crippen LogP contribution in [0.5, 0.6) is 5.75 Å². The van der Waals surface area contributed by atoms with Gasteiger partial charge in [0.05, 0.1) is 23.8 Å². The van der Waals surface area contributed by atoms with E-state index in [1.807, 2.05) is 55.9 Å². The summed E-state index contributed by atoms with van der Waals surface area (Å²) in [4.78, 5) is 16.3. The topological polar surface area (TPSA) is 91.4 Å². The Kier molecular flexibility index (Phi) is 6.90. The summed E-state index contributed by atoms with van der Waals surface area (Å²) in [7, 11) is 3.35. The van der Waals surface area contributed by atoms with Crippen LogP contribution in [0.25, 0.3) is 33.7 Å². The molecule has 8 nitrogen and oxygen atoms in total. The van der Waals surface area contributed by atoms with Crippen molar-refractivity contribution in [1.29, 1.82) is 0 Å². The third-order valence-corrected chi connectivity index (χ3v) is 5.74. The van der Waals surface area contributed by atoms with Crippen molar-refractivity contribution >= 4 is 28.5 Å². The smallest absolute Gasteiger partial charge is 0.322 e. The minimum absolute atomic E-state index is 0.0212. The number of esters is 1. The Bertz CT molecular complexity index is 1330. The highest BCUT2D eigenvalue weighted by Gasteiger charge is 2.19. The van der Waals surface area contributed by atoms with Crippen LogP contribution in [0.4, 0.5) is 0 Å². The molecule has 0 saturated heterocycles. The lowest BCUT2D eigenvalue weighted by Crippen LogP contribution is -2.34. The zero-order valence-corrected chi connectivity index (χ0v) is 20.5. The van der Waals surface area contributed by atoms with Gasteiger partial charge in [-0.05, 0) is 50.6 Å². The van der Waals surface area contributed by atoms with Crippen LogP contribution in [0.2, 0.25) is 5.02 Å². The van der Waals surface area contributed by atoms with Gasteiger partial charge in [0, 0.05) is 36.3 Å². The fourth-order valence-corrected chi connectivity index (χ4v) is 4.05. The van der Waals surface area contributed by atoms with Crippen molar-refractivity contribution < 1.29 is 18.8 Å². The summed E-state index contributed by atoms with van der Waals surface area (Å²) >= 11 is 6.38. The highest BCUT2D eigenvalue weighted by atomic mass is 35.5. The minimum Gasteiger partial charge on any atom is -0.489 e. The van der Waals surface area contributed by atoms with Gasteiger partial charge in [-0.1, -0.05) is 28.9 Å². The van der Waals surface area contributed by atoms with Gasteiger partial charge >= 0.3 is 5.97 Å². The van der Waals surface area contributed by atoms with Gasteiger partial charge in [-0.15, -0.1) is 0 Å². The maximum Gasteiger partial charge on any atom is 0.322 e. The lowest BCUT2D eigenvalue weighted by atomic mass is 10.1. The number of aromatic nitrogens is 3. The van der Waals surface area contributed by atoms with Crippen LogP contribution in [0.3, 0.4) is 0 Å². The molecule has 34 heavy (non-hydrogen) atoms. The number of fused-ring (bicyclic) bond motifs is 1. The van der Waals surface area contributed by atoms with Gasteiger partial charge in [0.15, 0.2) is 0 Å². The summed E-state index contributed by atoms with van der Waals surface area (Å²) in [5, 5.41) is 8.94. The summed E-state index contributed by atoms with van der Waals surface area (Å²) in [6.07, 6.45) is 2.05. The average Bonchev–Trinajstić information content (AvgIpc) is 3.43. The lowest BCUT2D eigenvalue weighted by molar-refractivity contribution is -0.142. The van der Waals surface area contributed by atoms with Crippen LogP contribution in [-0.2, 0) is 23.1 Å². The molecule has 0 unspecified atom stereocenters. The Morgan fingerprint density at radius 3 is 2.74 bits per heavy atom. The number of carbonyl (C=O) groups excluding carboxylic acids is 1. The molecule has 1 atom stereocenters. The summed E-state index contributed by atoms with van der Waals surface area (Å²) in [5.74, 6) is 1.15. The number of nitrogens with zero attached hydrogens (tertiary/aromatic N) is 3. The van der Waals surface area contributed by atoms with Crippen molar-refractivity contribution in [3.63, 3.8) is 0 Å². The normalized spacial score (nSPS) is 12.3. The number of ether oxygens (including phenoxy) is 2. The molecular formula is C25H27ClN4O4. The second-order valence-corrected chi connectivity index (χ2v) is 8.73. The first-order chi connectivity index (χ1) is 16.3. The first kappa shape index (κ1) is 23.8. The van der Waals surface area contributed by atoms with E-state index in [4.69, 9.17) is 25.6 Å². The average molecular weight is 483 g/mol. The molecule has 0 aliphatic rings. The molecule has 0 aliphatic heterocycles. The first-order valence-corrected chi connectivity index (χ1v) is 11.3. The van der Waals surface area contributed by atoms with Gasteiger partial charge < -0.3 is 23.9 Å². The lowest BCUT2D eigenvalue weighted by Gasteiger charge is -2.11. The molecule has 0 fully saturated rings. The third kappa shape index (κ3) is 4.78. The largest absolute Gasteiger partial charge is 0.489 e. The van der Waals surface area contributed by atoms with E-state index >= 15 is 0 Å². The molecule has 2 aromatic carbocycles. The van der Waals surface area contributed by atoms with Crippen molar-refractivity contribution in [3.8, 4) is 28.6 Å². The Labute approximate surface area is 202 Å². The van der Waals surface area contributed by atoms with Crippen LogP contribution in [-0.4, -0.2) is 39.9 Å². The molecule has 4 aromatic rings. The maximum atomic E-state index is 11.7. The van der Waals surface area contributed by atoms with Crippen LogP contribution in [0, 0.1) is 0 Å². The molecule has 2 aromatic heterocycles. The summed E-state index contributed by atoms with van der Waals surface area (Å²) in [6.45, 7) is 6.18. The van der Waals surface area contributed by atoms with Gasteiger partial charge in [-0.25, -0.2) is 0 Å². The fraction of sp³-hybridized carbons (Fsp3) is 0.320. The zero-order chi connectivity index (χ0) is 24.4. The maximum absolute atomic E-state index is 11.7. The third-order valence-electron chi connectivity index (χ3n) is 5.45. The summed E-state index contributed by atoms with van der Waals surface area (Å²) < 4.78 is 18.1. The predicted octanol–water partition coefficient (Wildman–Crippen LogP) is 4.99. The van der Waals surface area contributed by atoms with E-state index in [0.717, 1.165) is 22.0 Å². The fourth-order valence-electron chi connectivity index (χ4n) is 3.83. The van der Waals surface area contributed by atoms with Gasteiger partial charge in [-0.3, -0.25) is 4.79 Å². The molecule has 178 valence electrons. The second-order valence-electron chi connectivity index (χ2n) is 8.33. The molecule has 0 radical (unpaired) electrons. The first-order valence-electron chi connectivity index (χ1n) is 11.0. The van der Waals surface area contributed by atoms with Crippen LogP contribution in [0.15, 0.2) is 47.1 Å². The number of nitrogens with one attached hydrogen (secondary N) is 1. The Hall–Kier alpha value is -3.36. The number of halogens is 1. The van der Waals surface area contributed by atoms with Crippen molar-refractivity contribution in [1.82, 2.24) is 20.0 Å². The molecule has 0 saturated carbocycles. The number of rotatable bonds is 8. The number of hydrogen-bond donors (Lipinski definition) is 1. The van der Waals surface area contributed by atoms with E-state index in [1.54, 1.807) is 19.1 Å². The van der Waals surface area contributed by atoms with Gasteiger partial charge in [0.2, 0.25) is 5.82 Å². The van der Waals surface area contributed by atoms with E-state index in [2.05, 4.69) is 15.5 Å². The van der Waals surface area contributed by atoms with Gasteiger partial charge in [-0.2, -0.15) is 4.98 Å². The van der Waals surface area contributed by atoms with Crippen LogP contribution < -0.4 is 10.1 Å². The standard InChI is InChI=1S/C25H27ClN4O4/c1-14(2)33-21-10-9-16(11-20(21)26)24-28-23(29-34-24)19-8-6-7-18-17(13-30(4)22(18)19)12-27-15(3)25(31)32-5/h6-11,13-15,27H,12H2,1-5H3/t15-/m0/s1. The highest BCUT2D eigenvalue weighted by molar-refractivity contribution is 6.32. The number of aryl methyl sites for hydroxylation is 1. The zero-order valence-electron chi connectivity index (χ0n) is 19.8. The van der Waals surface area contributed by atoms with Crippen LogP contribution >= 0.6 is 11.6 Å². The molecule has 0 aliphatic carbocycles. The number of benzene rings is 2. The SMILES string of the molecule is COC(=O)[C@H](C)NCc1cn(C)c2c(-c3noc(-c4ccc(OC(C)C)c(Cl)c4)n3)cccc12. The van der Waals surface area contributed by atoms with Crippen molar-refractivity contribution in [2.75, 3.05) is 7.11 Å². The van der Waals surface area contributed by atoms with Gasteiger partial charge in [0.1, 0.15) is 11.8 Å². The number of para-hydroxylation sites is 1. The van der Waals surface area contributed by atoms with E-state index in [-0.39, 0.29) is 12.1 Å². The minimum atomic E-state index is -0.410. The monoisotopic (exact) mass is 482 g/mol. The molecule has 0 amide bonds. The second kappa shape index (κ2) is 9.87. The molecule has 9 heteroatoms. The summed E-state index contributed by atoms with van der Waals surface area (Å²) in [6, 6.07) is 10.9.